The van der Waals surface area contributed by atoms with Gasteiger partial charge in [0.05, 0.1) is 5.92 Å². The Morgan fingerprint density at radius 3 is 2.84 bits per heavy atom. The highest BCUT2D eigenvalue weighted by Gasteiger charge is 2.29. The largest absolute Gasteiger partial charge is 0.369 e. The summed E-state index contributed by atoms with van der Waals surface area (Å²) in [5.74, 6) is 0.599. The highest BCUT2D eigenvalue weighted by Crippen LogP contribution is 2.27. The Morgan fingerprint density at radius 1 is 1.47 bits per heavy atom. The molecule has 19 heavy (non-hydrogen) atoms. The number of nitrogens with two attached hydrogens (primary N) is 2. The van der Waals surface area contributed by atoms with Crippen molar-refractivity contribution >= 4 is 11.7 Å². The van der Waals surface area contributed by atoms with Crippen LogP contribution in [0.5, 0.6) is 0 Å². The first kappa shape index (κ1) is 13.8. The molecule has 1 fully saturated rings. The molecule has 1 saturated heterocycles. The predicted octanol–water partition coefficient (Wildman–Crippen LogP) is 0.939. The van der Waals surface area contributed by atoms with Crippen LogP contribution in [0.1, 0.15) is 31.0 Å². The van der Waals surface area contributed by atoms with Gasteiger partial charge in [0.25, 0.3) is 0 Å². The van der Waals surface area contributed by atoms with Crippen molar-refractivity contribution in [1.82, 2.24) is 4.98 Å². The van der Waals surface area contributed by atoms with Crippen LogP contribution in [0.2, 0.25) is 0 Å². The van der Waals surface area contributed by atoms with Crippen molar-refractivity contribution in [3.8, 4) is 0 Å². The van der Waals surface area contributed by atoms with Gasteiger partial charge in [-0.15, -0.1) is 0 Å². The lowest BCUT2D eigenvalue weighted by Crippen LogP contribution is -2.46. The molecule has 104 valence electrons. The summed E-state index contributed by atoms with van der Waals surface area (Å²) >= 11 is 0. The number of aryl methyl sites for hydroxylation is 1. The van der Waals surface area contributed by atoms with Gasteiger partial charge < -0.3 is 16.4 Å². The number of hydrogen-bond acceptors (Lipinski definition) is 4. The molecule has 0 radical (unpaired) electrons. The molecule has 0 spiro atoms. The van der Waals surface area contributed by atoms with Crippen molar-refractivity contribution in [3.05, 3.63) is 23.4 Å². The average Bonchev–Trinajstić information content (AvgIpc) is 2.38. The van der Waals surface area contributed by atoms with Gasteiger partial charge in [0.15, 0.2) is 0 Å². The van der Waals surface area contributed by atoms with Crippen molar-refractivity contribution in [3.63, 3.8) is 0 Å². The number of pyridine rings is 1. The normalized spacial score (nSPS) is 23.4. The van der Waals surface area contributed by atoms with Crippen LogP contribution in [0.4, 0.5) is 5.82 Å². The maximum absolute atomic E-state index is 11.4. The molecule has 2 atom stereocenters. The average molecular weight is 262 g/mol. The molecule has 2 rings (SSSR count). The maximum Gasteiger partial charge on any atom is 0.222 e. The zero-order chi connectivity index (χ0) is 14.0. The molecule has 0 aliphatic carbocycles. The van der Waals surface area contributed by atoms with Crippen molar-refractivity contribution in [2.24, 2.45) is 17.4 Å². The van der Waals surface area contributed by atoms with E-state index >= 15 is 0 Å². The molecule has 0 aromatic carbocycles. The minimum Gasteiger partial charge on any atom is -0.369 e. The van der Waals surface area contributed by atoms with Crippen molar-refractivity contribution in [2.45, 2.75) is 39.3 Å². The standard InChI is InChI=1S/C14H22N4O/c1-9-5-11(7-15)6-13(17-9)18-8-12(14(16)19)4-3-10(18)2/h5-6,10,12H,3-4,7-8,15H2,1-2H3,(H2,16,19). The molecule has 1 amide bonds. The van der Waals surface area contributed by atoms with Crippen LogP contribution in [-0.2, 0) is 11.3 Å². The number of carbonyl (C=O) groups excluding carboxylic acids is 1. The van der Waals surface area contributed by atoms with Gasteiger partial charge in [0, 0.05) is 24.8 Å². The fraction of sp³-hybridized carbons (Fsp3) is 0.571. The molecule has 0 bridgehead atoms. The number of nitrogens with zero attached hydrogens (tertiary/aromatic N) is 2. The van der Waals surface area contributed by atoms with Gasteiger partial charge in [0.1, 0.15) is 5.82 Å². The Kier molecular flexibility index (Phi) is 4.04. The summed E-state index contributed by atoms with van der Waals surface area (Å²) in [6.07, 6.45) is 1.82. The van der Waals surface area contributed by atoms with Crippen LogP contribution in [0.3, 0.4) is 0 Å². The van der Waals surface area contributed by atoms with E-state index < -0.39 is 0 Å². The highest BCUT2D eigenvalue weighted by atomic mass is 16.1. The highest BCUT2D eigenvalue weighted by molar-refractivity contribution is 5.77. The van der Waals surface area contributed by atoms with E-state index in [1.807, 2.05) is 19.1 Å². The molecule has 2 heterocycles. The second kappa shape index (κ2) is 5.57. The summed E-state index contributed by atoms with van der Waals surface area (Å²) in [6, 6.07) is 4.37. The molecule has 5 nitrogen and oxygen atoms in total. The van der Waals surface area contributed by atoms with E-state index in [0.29, 0.717) is 19.1 Å². The van der Waals surface area contributed by atoms with Crippen LogP contribution in [-0.4, -0.2) is 23.5 Å². The van der Waals surface area contributed by atoms with Gasteiger partial charge in [-0.3, -0.25) is 4.79 Å². The fourth-order valence-electron chi connectivity index (χ4n) is 2.64. The number of hydrogen-bond donors (Lipinski definition) is 2. The number of piperidine rings is 1. The third-order valence-electron chi connectivity index (χ3n) is 3.81. The third-order valence-corrected chi connectivity index (χ3v) is 3.81. The lowest BCUT2D eigenvalue weighted by Gasteiger charge is -2.38. The van der Waals surface area contributed by atoms with E-state index in [2.05, 4.69) is 16.8 Å². The first-order valence-corrected chi connectivity index (χ1v) is 6.75. The monoisotopic (exact) mass is 262 g/mol. The van der Waals surface area contributed by atoms with Crippen molar-refractivity contribution in [1.29, 1.82) is 0 Å². The van der Waals surface area contributed by atoms with E-state index in [0.717, 1.165) is 29.9 Å². The van der Waals surface area contributed by atoms with Gasteiger partial charge in [0.2, 0.25) is 5.91 Å². The smallest absolute Gasteiger partial charge is 0.222 e. The molecule has 5 heteroatoms. The van der Waals surface area contributed by atoms with Gasteiger partial charge >= 0.3 is 0 Å². The number of amides is 1. The molecule has 2 unspecified atom stereocenters. The van der Waals surface area contributed by atoms with Gasteiger partial charge in [-0.2, -0.15) is 0 Å². The summed E-state index contributed by atoms with van der Waals surface area (Å²) in [5, 5.41) is 0. The van der Waals surface area contributed by atoms with Crippen LogP contribution >= 0.6 is 0 Å². The number of carbonyl (C=O) groups is 1. The van der Waals surface area contributed by atoms with E-state index in [1.165, 1.54) is 0 Å². The topological polar surface area (TPSA) is 85.2 Å². The number of rotatable bonds is 3. The van der Waals surface area contributed by atoms with Crippen LogP contribution in [0.25, 0.3) is 0 Å². The molecule has 1 aliphatic rings. The third kappa shape index (κ3) is 3.04. The van der Waals surface area contributed by atoms with Gasteiger partial charge in [-0.25, -0.2) is 4.98 Å². The lowest BCUT2D eigenvalue weighted by atomic mass is 9.93. The van der Waals surface area contributed by atoms with Crippen molar-refractivity contribution < 1.29 is 4.79 Å². The zero-order valence-electron chi connectivity index (χ0n) is 11.6. The number of primary amides is 1. The minimum absolute atomic E-state index is 0.0835. The van der Waals surface area contributed by atoms with E-state index in [-0.39, 0.29) is 11.8 Å². The fourth-order valence-corrected chi connectivity index (χ4v) is 2.64. The van der Waals surface area contributed by atoms with Crippen LogP contribution in [0, 0.1) is 12.8 Å². The maximum atomic E-state index is 11.4. The van der Waals surface area contributed by atoms with Gasteiger partial charge in [-0.1, -0.05) is 0 Å². The first-order chi connectivity index (χ1) is 9.01. The SMILES string of the molecule is Cc1cc(CN)cc(N2CC(C(N)=O)CCC2C)n1. The summed E-state index contributed by atoms with van der Waals surface area (Å²) in [6.45, 7) is 5.26. The summed E-state index contributed by atoms with van der Waals surface area (Å²) in [4.78, 5) is 18.1. The van der Waals surface area contributed by atoms with E-state index in [9.17, 15) is 4.79 Å². The van der Waals surface area contributed by atoms with Crippen LogP contribution < -0.4 is 16.4 Å². The Morgan fingerprint density at radius 2 is 2.21 bits per heavy atom. The lowest BCUT2D eigenvalue weighted by molar-refractivity contribution is -0.122. The molecule has 4 N–H and O–H groups in total. The minimum atomic E-state index is -0.219. The second-order valence-electron chi connectivity index (χ2n) is 5.36. The first-order valence-electron chi connectivity index (χ1n) is 6.75. The molecular formula is C14H22N4O. The van der Waals surface area contributed by atoms with E-state index in [4.69, 9.17) is 11.5 Å². The Labute approximate surface area is 114 Å². The summed E-state index contributed by atoms with van der Waals surface area (Å²) in [7, 11) is 0. The van der Waals surface area contributed by atoms with Crippen LogP contribution in [0.15, 0.2) is 12.1 Å². The molecule has 1 aromatic rings. The number of aromatic nitrogens is 1. The Bertz CT molecular complexity index is 475. The number of anilines is 1. The summed E-state index contributed by atoms with van der Waals surface area (Å²) in [5.41, 5.74) is 13.2. The molecule has 1 aliphatic heterocycles. The Balaban J connectivity index is 2.27. The van der Waals surface area contributed by atoms with Gasteiger partial charge in [-0.05, 0) is 44.4 Å². The van der Waals surface area contributed by atoms with E-state index in [1.54, 1.807) is 0 Å². The van der Waals surface area contributed by atoms with Crippen molar-refractivity contribution in [2.75, 3.05) is 11.4 Å². The summed E-state index contributed by atoms with van der Waals surface area (Å²) < 4.78 is 0. The molecule has 0 saturated carbocycles. The Hall–Kier alpha value is -1.62. The molecular weight excluding hydrogens is 240 g/mol. The predicted molar refractivity (Wildman–Crippen MR) is 75.6 cm³/mol. The second-order valence-corrected chi connectivity index (χ2v) is 5.36. The zero-order valence-corrected chi connectivity index (χ0v) is 11.6. The molecule has 1 aromatic heterocycles. The quantitative estimate of drug-likeness (QED) is 0.849.